The van der Waals surface area contributed by atoms with Crippen LogP contribution in [0.5, 0.6) is 0 Å². The number of hydrogen-bond acceptors (Lipinski definition) is 5. The molecule has 0 aliphatic rings. The Bertz CT molecular complexity index is 1120. The minimum atomic E-state index is -0.593. The molecule has 26 heavy (non-hydrogen) atoms. The first-order chi connectivity index (χ1) is 12.4. The number of furan rings is 1. The quantitative estimate of drug-likeness (QED) is 0.480. The molecule has 0 unspecified atom stereocenters. The number of nitrogens with zero attached hydrogens (tertiary/aromatic N) is 2. The van der Waals surface area contributed by atoms with Gasteiger partial charge in [0.2, 0.25) is 5.82 Å². The van der Waals surface area contributed by atoms with Crippen LogP contribution in [0.2, 0.25) is 0 Å². The maximum Gasteiger partial charge on any atom is 0.261 e. The summed E-state index contributed by atoms with van der Waals surface area (Å²) >= 11 is 0. The molecule has 130 valence electrons. The van der Waals surface area contributed by atoms with Gasteiger partial charge in [-0.1, -0.05) is 23.4 Å². The first-order valence-electron chi connectivity index (χ1n) is 8.08. The maximum atomic E-state index is 14.3. The first kappa shape index (κ1) is 16.2. The van der Waals surface area contributed by atoms with Crippen molar-refractivity contribution in [1.29, 1.82) is 0 Å². The fourth-order valence-corrected chi connectivity index (χ4v) is 2.84. The lowest BCUT2D eigenvalue weighted by molar-refractivity contribution is 0.101. The lowest BCUT2D eigenvalue weighted by Crippen LogP contribution is -1.94. The lowest BCUT2D eigenvalue weighted by Gasteiger charge is -1.99. The molecule has 0 saturated carbocycles. The summed E-state index contributed by atoms with van der Waals surface area (Å²) in [5.41, 5.74) is 3.27. The molecule has 5 nitrogen and oxygen atoms in total. The van der Waals surface area contributed by atoms with E-state index in [4.69, 9.17) is 8.94 Å². The van der Waals surface area contributed by atoms with E-state index in [-0.39, 0.29) is 28.6 Å². The van der Waals surface area contributed by atoms with E-state index in [9.17, 15) is 9.18 Å². The van der Waals surface area contributed by atoms with Crippen molar-refractivity contribution in [1.82, 2.24) is 10.1 Å². The van der Waals surface area contributed by atoms with Gasteiger partial charge in [0.05, 0.1) is 5.56 Å². The van der Waals surface area contributed by atoms with Gasteiger partial charge < -0.3 is 8.94 Å². The summed E-state index contributed by atoms with van der Waals surface area (Å²) in [6.45, 7) is 5.34. The fraction of sp³-hybridized carbons (Fsp3) is 0.150. The molecule has 0 aliphatic heterocycles. The third kappa shape index (κ3) is 2.60. The molecule has 4 rings (SSSR count). The van der Waals surface area contributed by atoms with Gasteiger partial charge in [-0.05, 0) is 50.1 Å². The number of fused-ring (bicyclic) bond motifs is 1. The van der Waals surface area contributed by atoms with Crippen LogP contribution in [0.3, 0.4) is 0 Å². The molecular weight excluding hydrogens is 335 g/mol. The number of hydrogen-bond donors (Lipinski definition) is 0. The minimum Gasteiger partial charge on any atom is -0.452 e. The van der Waals surface area contributed by atoms with E-state index in [1.165, 1.54) is 19.1 Å². The molecule has 0 spiro atoms. The molecule has 0 fully saturated rings. The highest BCUT2D eigenvalue weighted by molar-refractivity contribution is 5.94. The van der Waals surface area contributed by atoms with Gasteiger partial charge in [0, 0.05) is 10.9 Å². The largest absolute Gasteiger partial charge is 0.452 e. The summed E-state index contributed by atoms with van der Waals surface area (Å²) in [5.74, 6) is -0.0846. The predicted molar refractivity (Wildman–Crippen MR) is 94.4 cm³/mol. The predicted octanol–water partition coefficient (Wildman–Crippen LogP) is 5.11. The number of Topliss-reactive ketones (excluding diaryl/α,β-unsaturated/α-hetero) is 1. The molecule has 2 heterocycles. The molecule has 0 atom stereocenters. The minimum absolute atomic E-state index is 0.0292. The average molecular weight is 350 g/mol. The van der Waals surface area contributed by atoms with Crippen molar-refractivity contribution in [2.45, 2.75) is 20.8 Å². The van der Waals surface area contributed by atoms with Gasteiger partial charge in [-0.15, -0.1) is 0 Å². The number of aromatic nitrogens is 2. The van der Waals surface area contributed by atoms with E-state index in [2.05, 4.69) is 10.1 Å². The average Bonchev–Trinajstić information content (AvgIpc) is 3.25. The Balaban J connectivity index is 1.76. The Morgan fingerprint density at radius 1 is 1.08 bits per heavy atom. The molecular formula is C20H15FN2O3. The van der Waals surface area contributed by atoms with Crippen molar-refractivity contribution in [3.05, 3.63) is 58.9 Å². The van der Waals surface area contributed by atoms with E-state index in [0.717, 1.165) is 28.2 Å². The third-order valence-electron chi connectivity index (χ3n) is 4.35. The third-order valence-corrected chi connectivity index (χ3v) is 4.35. The number of aryl methyl sites for hydroxylation is 2. The summed E-state index contributed by atoms with van der Waals surface area (Å²) in [7, 11) is 0. The fourth-order valence-electron chi connectivity index (χ4n) is 2.84. The summed E-state index contributed by atoms with van der Waals surface area (Å²) in [5, 5.41) is 4.88. The molecule has 2 aromatic heterocycles. The molecule has 0 saturated heterocycles. The Hall–Kier alpha value is -3.28. The van der Waals surface area contributed by atoms with Crippen molar-refractivity contribution in [3.8, 4) is 23.0 Å². The number of rotatable bonds is 3. The van der Waals surface area contributed by atoms with Gasteiger partial charge >= 0.3 is 0 Å². The van der Waals surface area contributed by atoms with Crippen LogP contribution in [0.25, 0.3) is 34.0 Å². The molecule has 0 bridgehead atoms. The Morgan fingerprint density at radius 3 is 2.54 bits per heavy atom. The van der Waals surface area contributed by atoms with Crippen LogP contribution >= 0.6 is 0 Å². The first-order valence-corrected chi connectivity index (χ1v) is 8.08. The highest BCUT2D eigenvalue weighted by atomic mass is 19.1. The van der Waals surface area contributed by atoms with E-state index in [0.29, 0.717) is 5.76 Å². The SMILES string of the molecule is CC(=O)c1ccc(-c2nc(-c3cc4c(C)ccc(C)c4o3)no2)c(F)c1. The zero-order valence-electron chi connectivity index (χ0n) is 14.5. The van der Waals surface area contributed by atoms with E-state index in [1.807, 2.05) is 32.0 Å². The standard InChI is InChI=1S/C20H15FN2O3/c1-10-4-5-11(2)18-15(10)9-17(25-18)19-22-20(26-23-19)14-7-6-13(12(3)24)8-16(14)21/h4-9H,1-3H3. The molecule has 0 aliphatic carbocycles. The lowest BCUT2D eigenvalue weighted by atomic mass is 10.1. The van der Waals surface area contributed by atoms with Crippen molar-refractivity contribution < 1.29 is 18.1 Å². The number of ketones is 1. The van der Waals surface area contributed by atoms with E-state index >= 15 is 0 Å². The van der Waals surface area contributed by atoms with Gasteiger partial charge in [0.1, 0.15) is 11.4 Å². The van der Waals surface area contributed by atoms with Crippen LogP contribution < -0.4 is 0 Å². The Labute approximate surface area is 148 Å². The van der Waals surface area contributed by atoms with Crippen molar-refractivity contribution in [3.63, 3.8) is 0 Å². The zero-order valence-corrected chi connectivity index (χ0v) is 14.5. The van der Waals surface area contributed by atoms with Crippen LogP contribution in [0, 0.1) is 19.7 Å². The van der Waals surface area contributed by atoms with Crippen LogP contribution in [0.1, 0.15) is 28.4 Å². The van der Waals surface area contributed by atoms with Crippen LogP contribution in [-0.4, -0.2) is 15.9 Å². The van der Waals surface area contributed by atoms with E-state index in [1.54, 1.807) is 0 Å². The van der Waals surface area contributed by atoms with Gasteiger partial charge in [0.25, 0.3) is 5.89 Å². The molecule has 6 heteroatoms. The van der Waals surface area contributed by atoms with Crippen LogP contribution in [0.4, 0.5) is 4.39 Å². The smallest absolute Gasteiger partial charge is 0.261 e. The second-order valence-corrected chi connectivity index (χ2v) is 6.23. The van der Waals surface area contributed by atoms with Crippen LogP contribution in [0.15, 0.2) is 45.3 Å². The Morgan fingerprint density at radius 2 is 1.85 bits per heavy atom. The van der Waals surface area contributed by atoms with Gasteiger partial charge in [-0.3, -0.25) is 4.79 Å². The summed E-state index contributed by atoms with van der Waals surface area (Å²) in [6, 6.07) is 9.99. The molecule has 0 amide bonds. The number of halogens is 1. The maximum absolute atomic E-state index is 14.3. The van der Waals surface area contributed by atoms with Gasteiger partial charge in [-0.2, -0.15) is 4.98 Å². The summed E-state index contributed by atoms with van der Waals surface area (Å²) in [6.07, 6.45) is 0. The van der Waals surface area contributed by atoms with Crippen molar-refractivity contribution in [2.24, 2.45) is 0 Å². The second-order valence-electron chi connectivity index (χ2n) is 6.23. The van der Waals surface area contributed by atoms with Crippen LogP contribution in [-0.2, 0) is 0 Å². The zero-order chi connectivity index (χ0) is 18.4. The monoisotopic (exact) mass is 350 g/mol. The topological polar surface area (TPSA) is 69.1 Å². The summed E-state index contributed by atoms with van der Waals surface area (Å²) in [4.78, 5) is 15.6. The number of carbonyl (C=O) groups is 1. The highest BCUT2D eigenvalue weighted by Gasteiger charge is 2.19. The highest BCUT2D eigenvalue weighted by Crippen LogP contribution is 2.32. The molecule has 2 aromatic carbocycles. The van der Waals surface area contributed by atoms with E-state index < -0.39 is 5.82 Å². The number of carbonyl (C=O) groups excluding carboxylic acids is 1. The second kappa shape index (κ2) is 5.91. The van der Waals surface area contributed by atoms with Crippen molar-refractivity contribution in [2.75, 3.05) is 0 Å². The normalized spacial score (nSPS) is 11.2. The summed E-state index contributed by atoms with van der Waals surface area (Å²) < 4.78 is 25.3. The molecule has 0 radical (unpaired) electrons. The Kier molecular flexibility index (Phi) is 3.68. The van der Waals surface area contributed by atoms with Crippen molar-refractivity contribution >= 4 is 16.8 Å². The molecule has 4 aromatic rings. The molecule has 0 N–H and O–H groups in total. The van der Waals surface area contributed by atoms with Gasteiger partial charge in [-0.25, -0.2) is 4.39 Å². The number of benzene rings is 2. The van der Waals surface area contributed by atoms with Gasteiger partial charge in [0.15, 0.2) is 11.5 Å².